The quantitative estimate of drug-likeness (QED) is 0.854. The van der Waals surface area contributed by atoms with Crippen LogP contribution in [0, 0.1) is 6.92 Å². The summed E-state index contributed by atoms with van der Waals surface area (Å²) in [6.07, 6.45) is 0. The Morgan fingerprint density at radius 3 is 2.76 bits per heavy atom. The third-order valence-electron chi connectivity index (χ3n) is 4.11. The number of amides is 2. The number of carbonyl (C=O) groups is 1. The van der Waals surface area contributed by atoms with Crippen LogP contribution in [0.15, 0.2) is 40.8 Å². The maximum Gasteiger partial charge on any atom is 0.319 e. The molecule has 1 aliphatic rings. The molecule has 1 aliphatic heterocycles. The van der Waals surface area contributed by atoms with Crippen LogP contribution in [-0.4, -0.2) is 43.8 Å². The molecule has 2 heterocycles. The number of nitrogens with zero attached hydrogens (tertiary/aromatic N) is 1. The van der Waals surface area contributed by atoms with Crippen molar-refractivity contribution >= 4 is 23.3 Å². The minimum atomic E-state index is -0.274. The molecule has 1 aromatic carbocycles. The molecule has 25 heavy (non-hydrogen) atoms. The lowest BCUT2D eigenvalue weighted by molar-refractivity contribution is 0.0122. The van der Waals surface area contributed by atoms with Gasteiger partial charge in [0, 0.05) is 30.3 Å². The van der Waals surface area contributed by atoms with Gasteiger partial charge in [-0.05, 0) is 37.3 Å². The average molecular weight is 364 g/mol. The van der Waals surface area contributed by atoms with Crippen molar-refractivity contribution < 1.29 is 13.9 Å². The zero-order valence-corrected chi connectivity index (χ0v) is 14.9. The molecule has 0 radical (unpaired) electrons. The van der Waals surface area contributed by atoms with Gasteiger partial charge in [-0.1, -0.05) is 17.7 Å². The summed E-state index contributed by atoms with van der Waals surface area (Å²) in [5, 5.41) is 6.29. The number of furan rings is 1. The highest BCUT2D eigenvalue weighted by molar-refractivity contribution is 6.30. The van der Waals surface area contributed by atoms with Crippen LogP contribution in [0.2, 0.25) is 5.02 Å². The molecule has 0 bridgehead atoms. The van der Waals surface area contributed by atoms with Gasteiger partial charge in [0.2, 0.25) is 0 Å². The Morgan fingerprint density at radius 1 is 1.28 bits per heavy atom. The Balaban J connectivity index is 1.62. The summed E-state index contributed by atoms with van der Waals surface area (Å²) in [6, 6.07) is 10.7. The molecule has 1 saturated heterocycles. The first kappa shape index (κ1) is 17.8. The van der Waals surface area contributed by atoms with Crippen LogP contribution in [0.1, 0.15) is 17.6 Å². The van der Waals surface area contributed by atoms with E-state index in [1.54, 1.807) is 24.3 Å². The van der Waals surface area contributed by atoms with Crippen molar-refractivity contribution in [3.63, 3.8) is 0 Å². The van der Waals surface area contributed by atoms with Gasteiger partial charge in [-0.2, -0.15) is 0 Å². The number of urea groups is 1. The first-order valence-corrected chi connectivity index (χ1v) is 8.68. The standard InChI is InChI=1S/C18H22ClN3O3/c1-13-5-6-17(25-13)16(22-7-9-24-10-8-22)12-20-18(23)21-15-4-2-3-14(19)11-15/h2-6,11,16H,7-10,12H2,1H3,(H2,20,21,23). The molecule has 6 nitrogen and oxygen atoms in total. The maximum absolute atomic E-state index is 12.2. The molecular weight excluding hydrogens is 342 g/mol. The van der Waals surface area contributed by atoms with Crippen molar-refractivity contribution in [2.75, 3.05) is 38.2 Å². The topological polar surface area (TPSA) is 66.7 Å². The molecule has 7 heteroatoms. The maximum atomic E-state index is 12.2. The van der Waals surface area contributed by atoms with E-state index >= 15 is 0 Å². The fourth-order valence-corrected chi connectivity index (χ4v) is 3.05. The average Bonchev–Trinajstić information content (AvgIpc) is 3.02. The zero-order valence-electron chi connectivity index (χ0n) is 14.1. The van der Waals surface area contributed by atoms with Crippen LogP contribution in [0.25, 0.3) is 0 Å². The molecule has 2 amide bonds. The number of anilines is 1. The molecule has 134 valence electrons. The number of hydrogen-bond donors (Lipinski definition) is 2. The second kappa shape index (κ2) is 8.38. The van der Waals surface area contributed by atoms with Gasteiger partial charge in [-0.25, -0.2) is 4.79 Å². The highest BCUT2D eigenvalue weighted by atomic mass is 35.5. The van der Waals surface area contributed by atoms with Crippen LogP contribution < -0.4 is 10.6 Å². The highest BCUT2D eigenvalue weighted by Gasteiger charge is 2.25. The van der Waals surface area contributed by atoms with Crippen LogP contribution in [-0.2, 0) is 4.74 Å². The molecule has 0 aliphatic carbocycles. The summed E-state index contributed by atoms with van der Waals surface area (Å²) >= 11 is 5.94. The van der Waals surface area contributed by atoms with Gasteiger partial charge in [-0.3, -0.25) is 4.90 Å². The van der Waals surface area contributed by atoms with Crippen LogP contribution in [0.5, 0.6) is 0 Å². The van der Waals surface area contributed by atoms with Crippen LogP contribution >= 0.6 is 11.6 Å². The van der Waals surface area contributed by atoms with Crippen molar-refractivity contribution in [2.45, 2.75) is 13.0 Å². The summed E-state index contributed by atoms with van der Waals surface area (Å²) < 4.78 is 11.2. The van der Waals surface area contributed by atoms with E-state index in [9.17, 15) is 4.79 Å². The summed E-state index contributed by atoms with van der Waals surface area (Å²) in [7, 11) is 0. The fraction of sp³-hybridized carbons (Fsp3) is 0.389. The van der Waals surface area contributed by atoms with E-state index in [-0.39, 0.29) is 12.1 Å². The molecule has 0 saturated carbocycles. The molecule has 1 fully saturated rings. The fourth-order valence-electron chi connectivity index (χ4n) is 2.86. The van der Waals surface area contributed by atoms with Crippen molar-refractivity contribution in [3.8, 4) is 0 Å². The molecular formula is C18H22ClN3O3. The van der Waals surface area contributed by atoms with Crippen molar-refractivity contribution in [3.05, 3.63) is 52.9 Å². The number of hydrogen-bond acceptors (Lipinski definition) is 4. The lowest BCUT2D eigenvalue weighted by Gasteiger charge is -2.33. The first-order valence-electron chi connectivity index (χ1n) is 8.30. The smallest absolute Gasteiger partial charge is 0.319 e. The van der Waals surface area contributed by atoms with Gasteiger partial charge in [0.25, 0.3) is 0 Å². The van der Waals surface area contributed by atoms with Gasteiger partial charge in [0.1, 0.15) is 11.5 Å². The number of carbonyl (C=O) groups excluding carboxylic acids is 1. The summed E-state index contributed by atoms with van der Waals surface area (Å²) in [4.78, 5) is 14.5. The van der Waals surface area contributed by atoms with E-state index in [0.717, 1.165) is 24.6 Å². The van der Waals surface area contributed by atoms with Crippen molar-refractivity contribution in [1.82, 2.24) is 10.2 Å². The summed E-state index contributed by atoms with van der Waals surface area (Å²) in [5.74, 6) is 1.71. The Morgan fingerprint density at radius 2 is 2.08 bits per heavy atom. The Hall–Kier alpha value is -2.02. The lowest BCUT2D eigenvalue weighted by atomic mass is 10.1. The van der Waals surface area contributed by atoms with E-state index < -0.39 is 0 Å². The predicted molar refractivity (Wildman–Crippen MR) is 97.1 cm³/mol. The lowest BCUT2D eigenvalue weighted by Crippen LogP contribution is -2.44. The summed E-state index contributed by atoms with van der Waals surface area (Å²) in [6.45, 7) is 5.35. The van der Waals surface area contributed by atoms with Gasteiger partial charge in [0.05, 0.1) is 19.3 Å². The Kier molecular flexibility index (Phi) is 5.96. The van der Waals surface area contributed by atoms with Crippen molar-refractivity contribution in [2.24, 2.45) is 0 Å². The third-order valence-corrected chi connectivity index (χ3v) is 4.35. The second-order valence-corrected chi connectivity index (χ2v) is 6.39. The Bertz CT molecular complexity index is 713. The molecule has 2 N–H and O–H groups in total. The van der Waals surface area contributed by atoms with E-state index in [1.807, 2.05) is 19.1 Å². The van der Waals surface area contributed by atoms with E-state index in [4.69, 9.17) is 20.8 Å². The highest BCUT2D eigenvalue weighted by Crippen LogP contribution is 2.23. The number of nitrogens with one attached hydrogen (secondary N) is 2. The molecule has 2 aromatic rings. The minimum Gasteiger partial charge on any atom is -0.465 e. The number of rotatable bonds is 5. The normalized spacial score (nSPS) is 16.4. The zero-order chi connectivity index (χ0) is 17.6. The molecule has 1 unspecified atom stereocenters. The van der Waals surface area contributed by atoms with E-state index in [2.05, 4.69) is 15.5 Å². The van der Waals surface area contributed by atoms with Gasteiger partial charge in [-0.15, -0.1) is 0 Å². The monoisotopic (exact) mass is 363 g/mol. The SMILES string of the molecule is Cc1ccc(C(CNC(=O)Nc2cccc(Cl)c2)N2CCOCC2)o1. The minimum absolute atomic E-state index is 0.0253. The van der Waals surface area contributed by atoms with Gasteiger partial charge >= 0.3 is 6.03 Å². The third kappa shape index (κ3) is 4.98. The van der Waals surface area contributed by atoms with Crippen LogP contribution in [0.3, 0.4) is 0 Å². The predicted octanol–water partition coefficient (Wildman–Crippen LogP) is 3.44. The van der Waals surface area contributed by atoms with Crippen LogP contribution in [0.4, 0.5) is 10.5 Å². The van der Waals surface area contributed by atoms with E-state index in [0.29, 0.717) is 30.5 Å². The number of halogens is 1. The van der Waals surface area contributed by atoms with Crippen molar-refractivity contribution in [1.29, 1.82) is 0 Å². The second-order valence-electron chi connectivity index (χ2n) is 5.96. The first-order chi connectivity index (χ1) is 12.1. The van der Waals surface area contributed by atoms with Gasteiger partial charge in [0.15, 0.2) is 0 Å². The number of morpholine rings is 1. The molecule has 1 aromatic heterocycles. The molecule has 1 atom stereocenters. The molecule has 3 rings (SSSR count). The molecule has 0 spiro atoms. The largest absolute Gasteiger partial charge is 0.465 e. The Labute approximate surface area is 152 Å². The number of aryl methyl sites for hydroxylation is 1. The number of benzene rings is 1. The van der Waals surface area contributed by atoms with Gasteiger partial charge < -0.3 is 19.8 Å². The number of ether oxygens (including phenoxy) is 1. The summed E-state index contributed by atoms with van der Waals surface area (Å²) in [5.41, 5.74) is 0.654. The van der Waals surface area contributed by atoms with E-state index in [1.165, 1.54) is 0 Å².